The number of hydrogen-bond donors (Lipinski definition) is 1. The van der Waals surface area contributed by atoms with Gasteiger partial charge in [0.25, 0.3) is 0 Å². The lowest BCUT2D eigenvalue weighted by Gasteiger charge is -2.33. The maximum Gasteiger partial charge on any atom is 0.0552 e. The van der Waals surface area contributed by atoms with Crippen LogP contribution in [0, 0.1) is 0 Å². The Kier molecular flexibility index (Phi) is 2.92. The van der Waals surface area contributed by atoms with E-state index in [1.165, 1.54) is 5.69 Å². The molecule has 0 aliphatic carbocycles. The summed E-state index contributed by atoms with van der Waals surface area (Å²) in [5.74, 6) is 0. The van der Waals surface area contributed by atoms with Gasteiger partial charge in [0.2, 0.25) is 0 Å². The molecule has 18 heavy (non-hydrogen) atoms. The van der Waals surface area contributed by atoms with Crippen LogP contribution in [0.25, 0.3) is 0 Å². The van der Waals surface area contributed by atoms with E-state index in [0.717, 1.165) is 31.6 Å². The predicted octanol–water partition coefficient (Wildman–Crippen LogP) is 2.31. The largest absolute Gasteiger partial charge is 0.399 e. The summed E-state index contributed by atoms with van der Waals surface area (Å²) >= 11 is 0. The lowest BCUT2D eigenvalue weighted by Crippen LogP contribution is -2.34. The number of benzene rings is 1. The summed E-state index contributed by atoms with van der Waals surface area (Å²) in [4.78, 5) is 2.42. The van der Waals surface area contributed by atoms with Crippen molar-refractivity contribution in [3.8, 4) is 0 Å². The van der Waals surface area contributed by atoms with Crippen LogP contribution in [0.1, 0.15) is 18.9 Å². The van der Waals surface area contributed by atoms with Gasteiger partial charge in [-0.05, 0) is 43.2 Å². The number of nitrogens with zero attached hydrogens (tertiary/aromatic N) is 3. The van der Waals surface area contributed by atoms with Gasteiger partial charge in [0.05, 0.1) is 6.04 Å². The average molecular weight is 242 g/mol. The quantitative estimate of drug-likeness (QED) is 0.822. The van der Waals surface area contributed by atoms with E-state index in [4.69, 9.17) is 5.73 Å². The van der Waals surface area contributed by atoms with Gasteiger partial charge in [-0.3, -0.25) is 4.68 Å². The molecule has 1 aliphatic rings. The Balaban J connectivity index is 1.65. The van der Waals surface area contributed by atoms with Crippen LogP contribution in [-0.2, 0) is 0 Å². The Morgan fingerprint density at radius 3 is 2.44 bits per heavy atom. The lowest BCUT2D eigenvalue weighted by molar-refractivity contribution is 0.367. The van der Waals surface area contributed by atoms with Gasteiger partial charge < -0.3 is 10.6 Å². The van der Waals surface area contributed by atoms with E-state index < -0.39 is 0 Å². The topological polar surface area (TPSA) is 47.1 Å². The highest BCUT2D eigenvalue weighted by Crippen LogP contribution is 2.26. The molecule has 2 aromatic rings. The first-order valence-corrected chi connectivity index (χ1v) is 6.42. The van der Waals surface area contributed by atoms with E-state index >= 15 is 0 Å². The smallest absolute Gasteiger partial charge is 0.0552 e. The van der Waals surface area contributed by atoms with Crippen LogP contribution in [0.4, 0.5) is 11.4 Å². The average Bonchev–Trinajstić information content (AvgIpc) is 2.94. The van der Waals surface area contributed by atoms with Crippen LogP contribution < -0.4 is 10.6 Å². The molecule has 0 saturated carbocycles. The summed E-state index contributed by atoms with van der Waals surface area (Å²) in [6.45, 7) is 2.16. The fourth-order valence-corrected chi connectivity index (χ4v) is 2.57. The molecule has 1 saturated heterocycles. The standard InChI is InChI=1S/C14H18N4/c15-12-2-4-13(5-3-12)17-10-6-14(7-11-17)18-9-1-8-16-18/h1-5,8-9,14H,6-7,10-11,15H2. The third-order valence-corrected chi connectivity index (χ3v) is 3.62. The molecule has 0 atom stereocenters. The number of nitrogens with two attached hydrogens (primary N) is 1. The second-order valence-corrected chi connectivity index (χ2v) is 4.80. The van der Waals surface area contributed by atoms with Gasteiger partial charge in [0, 0.05) is 36.9 Å². The summed E-state index contributed by atoms with van der Waals surface area (Å²) in [6.07, 6.45) is 6.20. The minimum atomic E-state index is 0.546. The SMILES string of the molecule is Nc1ccc(N2CCC(n3cccn3)CC2)cc1. The molecule has 1 fully saturated rings. The highest BCUT2D eigenvalue weighted by Gasteiger charge is 2.20. The molecule has 0 spiro atoms. The van der Waals surface area contributed by atoms with Gasteiger partial charge in [-0.15, -0.1) is 0 Å². The van der Waals surface area contributed by atoms with Crippen LogP contribution in [-0.4, -0.2) is 22.9 Å². The van der Waals surface area contributed by atoms with Crippen LogP contribution in [0.5, 0.6) is 0 Å². The summed E-state index contributed by atoms with van der Waals surface area (Å²) in [5, 5.41) is 4.33. The van der Waals surface area contributed by atoms with Gasteiger partial charge in [-0.1, -0.05) is 0 Å². The molecule has 2 N–H and O–H groups in total. The summed E-state index contributed by atoms with van der Waals surface area (Å²) in [5.41, 5.74) is 7.80. The predicted molar refractivity (Wildman–Crippen MR) is 73.6 cm³/mol. The number of anilines is 2. The molecule has 1 aliphatic heterocycles. The first-order chi connectivity index (χ1) is 8.83. The molecule has 0 radical (unpaired) electrons. The van der Waals surface area contributed by atoms with Gasteiger partial charge in [0.1, 0.15) is 0 Å². The van der Waals surface area contributed by atoms with E-state index in [1.807, 2.05) is 24.4 Å². The zero-order chi connectivity index (χ0) is 12.4. The van der Waals surface area contributed by atoms with Crippen molar-refractivity contribution in [2.75, 3.05) is 23.7 Å². The van der Waals surface area contributed by atoms with Crippen LogP contribution in [0.2, 0.25) is 0 Å². The lowest BCUT2D eigenvalue weighted by atomic mass is 10.0. The number of piperidine rings is 1. The molecule has 4 nitrogen and oxygen atoms in total. The molecule has 94 valence electrons. The molecular formula is C14H18N4. The number of nitrogen functional groups attached to an aromatic ring is 1. The highest BCUT2D eigenvalue weighted by atomic mass is 15.3. The minimum absolute atomic E-state index is 0.546. The van der Waals surface area contributed by atoms with Crippen molar-refractivity contribution in [1.82, 2.24) is 9.78 Å². The second-order valence-electron chi connectivity index (χ2n) is 4.80. The van der Waals surface area contributed by atoms with Crippen molar-refractivity contribution in [2.24, 2.45) is 0 Å². The van der Waals surface area contributed by atoms with E-state index in [9.17, 15) is 0 Å². The molecule has 0 amide bonds. The van der Waals surface area contributed by atoms with Crippen molar-refractivity contribution >= 4 is 11.4 Å². The van der Waals surface area contributed by atoms with Crippen molar-refractivity contribution in [1.29, 1.82) is 0 Å². The monoisotopic (exact) mass is 242 g/mol. The molecule has 1 aromatic carbocycles. The number of aromatic nitrogens is 2. The molecule has 2 heterocycles. The highest BCUT2D eigenvalue weighted by molar-refractivity contribution is 5.53. The van der Waals surface area contributed by atoms with Crippen molar-refractivity contribution in [3.05, 3.63) is 42.7 Å². The molecule has 3 rings (SSSR count). The summed E-state index contributed by atoms with van der Waals surface area (Å²) in [6, 6.07) is 10.7. The van der Waals surface area contributed by atoms with Gasteiger partial charge in [-0.2, -0.15) is 5.10 Å². The Morgan fingerprint density at radius 1 is 1.11 bits per heavy atom. The van der Waals surface area contributed by atoms with E-state index in [1.54, 1.807) is 0 Å². The van der Waals surface area contributed by atoms with Crippen molar-refractivity contribution in [2.45, 2.75) is 18.9 Å². The van der Waals surface area contributed by atoms with E-state index in [-0.39, 0.29) is 0 Å². The van der Waals surface area contributed by atoms with Crippen molar-refractivity contribution in [3.63, 3.8) is 0 Å². The van der Waals surface area contributed by atoms with Gasteiger partial charge in [0.15, 0.2) is 0 Å². The van der Waals surface area contributed by atoms with Crippen LogP contribution in [0.3, 0.4) is 0 Å². The zero-order valence-electron chi connectivity index (χ0n) is 10.4. The first-order valence-electron chi connectivity index (χ1n) is 6.42. The second kappa shape index (κ2) is 4.72. The Bertz CT molecular complexity index is 481. The molecule has 0 unspecified atom stereocenters. The fourth-order valence-electron chi connectivity index (χ4n) is 2.57. The fraction of sp³-hybridized carbons (Fsp3) is 0.357. The first kappa shape index (κ1) is 11.1. The maximum absolute atomic E-state index is 5.71. The van der Waals surface area contributed by atoms with Crippen LogP contribution >= 0.6 is 0 Å². The van der Waals surface area contributed by atoms with Crippen molar-refractivity contribution < 1.29 is 0 Å². The van der Waals surface area contributed by atoms with Crippen LogP contribution in [0.15, 0.2) is 42.7 Å². The molecule has 4 heteroatoms. The summed E-state index contributed by atoms with van der Waals surface area (Å²) < 4.78 is 2.08. The van der Waals surface area contributed by atoms with Gasteiger partial charge in [-0.25, -0.2) is 0 Å². The third-order valence-electron chi connectivity index (χ3n) is 3.62. The Labute approximate surface area is 107 Å². The Morgan fingerprint density at radius 2 is 1.83 bits per heavy atom. The zero-order valence-corrected chi connectivity index (χ0v) is 10.4. The third kappa shape index (κ3) is 2.18. The number of rotatable bonds is 2. The Hall–Kier alpha value is -1.97. The normalized spacial score (nSPS) is 17.0. The number of hydrogen-bond acceptors (Lipinski definition) is 3. The van der Waals surface area contributed by atoms with Gasteiger partial charge >= 0.3 is 0 Å². The van der Waals surface area contributed by atoms with E-state index in [0.29, 0.717) is 6.04 Å². The summed E-state index contributed by atoms with van der Waals surface area (Å²) in [7, 11) is 0. The maximum atomic E-state index is 5.71. The molecule has 0 bridgehead atoms. The van der Waals surface area contributed by atoms with E-state index in [2.05, 4.69) is 33.0 Å². The molecular weight excluding hydrogens is 224 g/mol. The minimum Gasteiger partial charge on any atom is -0.399 e. The molecule has 1 aromatic heterocycles.